The van der Waals surface area contributed by atoms with Crippen LogP contribution in [0, 0.1) is 16.0 Å². The van der Waals surface area contributed by atoms with Gasteiger partial charge in [-0.2, -0.15) is 0 Å². The van der Waals surface area contributed by atoms with Crippen LogP contribution < -0.4 is 0 Å². The van der Waals surface area contributed by atoms with E-state index in [1.807, 2.05) is 6.92 Å². The number of carbonyl (C=O) groups is 1. The van der Waals surface area contributed by atoms with Crippen molar-refractivity contribution in [2.75, 3.05) is 25.4 Å². The van der Waals surface area contributed by atoms with Crippen LogP contribution in [0.2, 0.25) is 0 Å². The lowest BCUT2D eigenvalue weighted by Gasteiger charge is -2.24. The monoisotopic (exact) mass is 380 g/mol. The Balaban J connectivity index is 2.12. The lowest BCUT2D eigenvalue weighted by atomic mass is 10.1. The molecule has 0 N–H and O–H groups in total. The van der Waals surface area contributed by atoms with Crippen LogP contribution in [0.5, 0.6) is 0 Å². The zero-order valence-electron chi connectivity index (χ0n) is 15.8. The van der Waals surface area contributed by atoms with Gasteiger partial charge in [-0.15, -0.1) is 11.8 Å². The van der Waals surface area contributed by atoms with Gasteiger partial charge >= 0.3 is 0 Å². The van der Waals surface area contributed by atoms with Gasteiger partial charge in [-0.1, -0.05) is 13.8 Å². The van der Waals surface area contributed by atoms with E-state index in [0.717, 1.165) is 31.6 Å². The van der Waals surface area contributed by atoms with Crippen molar-refractivity contribution in [3.63, 3.8) is 0 Å². The number of hydrogen-bond donors (Lipinski definition) is 0. The fourth-order valence-electron chi connectivity index (χ4n) is 2.89. The van der Waals surface area contributed by atoms with E-state index in [1.54, 1.807) is 17.0 Å². The number of nitrogens with zero attached hydrogens (tertiary/aromatic N) is 2. The molecule has 1 fully saturated rings. The Bertz CT molecular complexity index is 630. The van der Waals surface area contributed by atoms with Crippen LogP contribution in [-0.2, 0) is 4.74 Å². The topological polar surface area (TPSA) is 72.7 Å². The third-order valence-electron chi connectivity index (χ3n) is 4.47. The number of amides is 1. The van der Waals surface area contributed by atoms with Gasteiger partial charge in [0.15, 0.2) is 0 Å². The molecule has 1 amide bonds. The normalized spacial score (nSPS) is 16.8. The highest BCUT2D eigenvalue weighted by Gasteiger charge is 2.24. The zero-order chi connectivity index (χ0) is 19.1. The Labute approximate surface area is 159 Å². The van der Waals surface area contributed by atoms with Crippen molar-refractivity contribution in [2.45, 2.75) is 51.0 Å². The van der Waals surface area contributed by atoms with Gasteiger partial charge in [-0.05, 0) is 50.0 Å². The number of thioether (sulfide) groups is 1. The van der Waals surface area contributed by atoms with Crippen molar-refractivity contribution < 1.29 is 14.5 Å². The van der Waals surface area contributed by atoms with Gasteiger partial charge in [-0.3, -0.25) is 14.9 Å². The van der Waals surface area contributed by atoms with Crippen LogP contribution in [-0.4, -0.2) is 47.3 Å². The summed E-state index contributed by atoms with van der Waals surface area (Å²) in [7, 11) is 0. The predicted octanol–water partition coefficient (Wildman–Crippen LogP) is 4.37. The summed E-state index contributed by atoms with van der Waals surface area (Å²) in [4.78, 5) is 26.2. The molecule has 6 nitrogen and oxygen atoms in total. The maximum absolute atomic E-state index is 12.8. The van der Waals surface area contributed by atoms with Gasteiger partial charge in [0.05, 0.1) is 15.9 Å². The summed E-state index contributed by atoms with van der Waals surface area (Å²) in [5.41, 5.74) is 0.377. The summed E-state index contributed by atoms with van der Waals surface area (Å²) < 4.78 is 5.61. The first-order valence-corrected chi connectivity index (χ1v) is 10.2. The second-order valence-corrected chi connectivity index (χ2v) is 8.09. The molecule has 0 bridgehead atoms. The average Bonchev–Trinajstić information content (AvgIpc) is 3.12. The molecule has 26 heavy (non-hydrogen) atoms. The molecule has 1 aliphatic rings. The van der Waals surface area contributed by atoms with Crippen LogP contribution in [0.1, 0.15) is 50.4 Å². The molecule has 1 unspecified atom stereocenters. The first-order valence-electron chi connectivity index (χ1n) is 9.24. The Morgan fingerprint density at radius 1 is 1.46 bits per heavy atom. The average molecular weight is 381 g/mol. The summed E-state index contributed by atoms with van der Waals surface area (Å²) in [6.07, 6.45) is 3.03. The maximum atomic E-state index is 12.8. The Morgan fingerprint density at radius 3 is 2.81 bits per heavy atom. The fourth-order valence-corrected chi connectivity index (χ4v) is 4.15. The van der Waals surface area contributed by atoms with Crippen LogP contribution in [0.25, 0.3) is 0 Å². The van der Waals surface area contributed by atoms with E-state index >= 15 is 0 Å². The third-order valence-corrected chi connectivity index (χ3v) is 5.57. The molecule has 0 saturated carbocycles. The minimum absolute atomic E-state index is 0.0118. The number of nitro benzene ring substituents is 1. The Kier molecular flexibility index (Phi) is 7.90. The number of likely N-dealkylation sites (N-methyl/N-ethyl adjacent to an activating group) is 1. The van der Waals surface area contributed by atoms with E-state index in [0.29, 0.717) is 29.5 Å². The third kappa shape index (κ3) is 5.71. The largest absolute Gasteiger partial charge is 0.376 e. The quantitative estimate of drug-likeness (QED) is 0.361. The van der Waals surface area contributed by atoms with E-state index in [2.05, 4.69) is 13.8 Å². The molecule has 1 aliphatic heterocycles. The van der Waals surface area contributed by atoms with Crippen molar-refractivity contribution in [3.8, 4) is 0 Å². The minimum atomic E-state index is -0.398. The van der Waals surface area contributed by atoms with E-state index in [1.165, 1.54) is 17.8 Å². The number of benzene rings is 1. The highest BCUT2D eigenvalue weighted by Crippen LogP contribution is 2.31. The van der Waals surface area contributed by atoms with E-state index in [9.17, 15) is 14.9 Å². The summed E-state index contributed by atoms with van der Waals surface area (Å²) in [5.74, 6) is 1.20. The maximum Gasteiger partial charge on any atom is 0.283 e. The number of nitro groups is 1. The summed E-state index contributed by atoms with van der Waals surface area (Å²) >= 11 is 1.48. The van der Waals surface area contributed by atoms with Crippen LogP contribution in [0.4, 0.5) is 5.69 Å². The Hall–Kier alpha value is -1.60. The Morgan fingerprint density at radius 2 is 2.23 bits per heavy atom. The minimum Gasteiger partial charge on any atom is -0.376 e. The second-order valence-electron chi connectivity index (χ2n) is 6.95. The SMILES string of the molecule is CCN(CC1CCCO1)C(=O)c1ccc(SCCC(C)C)c([N+](=O)[O-])c1. The lowest BCUT2D eigenvalue weighted by molar-refractivity contribution is -0.387. The first kappa shape index (κ1) is 20.7. The van der Waals surface area contributed by atoms with Crippen LogP contribution in [0.15, 0.2) is 23.1 Å². The van der Waals surface area contributed by atoms with Gasteiger partial charge in [-0.25, -0.2) is 0 Å². The molecule has 7 heteroatoms. The van der Waals surface area contributed by atoms with Gasteiger partial charge in [0.1, 0.15) is 0 Å². The molecule has 1 atom stereocenters. The highest BCUT2D eigenvalue weighted by atomic mass is 32.2. The van der Waals surface area contributed by atoms with Crippen molar-refractivity contribution in [1.29, 1.82) is 0 Å². The lowest BCUT2D eigenvalue weighted by Crippen LogP contribution is -2.37. The van der Waals surface area contributed by atoms with Crippen molar-refractivity contribution >= 4 is 23.4 Å². The molecule has 1 saturated heterocycles. The fraction of sp³-hybridized carbons (Fsp3) is 0.632. The van der Waals surface area contributed by atoms with Gasteiger partial charge < -0.3 is 9.64 Å². The van der Waals surface area contributed by atoms with E-state index in [4.69, 9.17) is 4.74 Å². The first-order chi connectivity index (χ1) is 12.4. The summed E-state index contributed by atoms with van der Waals surface area (Å²) in [6, 6.07) is 4.82. The molecular weight excluding hydrogens is 352 g/mol. The molecule has 1 heterocycles. The van der Waals surface area contributed by atoms with Gasteiger partial charge in [0.2, 0.25) is 0 Å². The molecule has 0 aliphatic carbocycles. The second kappa shape index (κ2) is 9.92. The molecule has 144 valence electrons. The van der Waals surface area contributed by atoms with Crippen molar-refractivity contribution in [2.24, 2.45) is 5.92 Å². The summed E-state index contributed by atoms with van der Waals surface area (Å²) in [5, 5.41) is 11.5. The smallest absolute Gasteiger partial charge is 0.283 e. The highest BCUT2D eigenvalue weighted by molar-refractivity contribution is 7.99. The molecule has 0 aromatic heterocycles. The molecule has 0 radical (unpaired) electrons. The van der Waals surface area contributed by atoms with E-state index in [-0.39, 0.29) is 17.7 Å². The predicted molar refractivity (Wildman–Crippen MR) is 104 cm³/mol. The van der Waals surface area contributed by atoms with Crippen molar-refractivity contribution in [1.82, 2.24) is 4.90 Å². The molecular formula is C19H28N2O4S. The van der Waals surface area contributed by atoms with Crippen LogP contribution in [0.3, 0.4) is 0 Å². The molecule has 0 spiro atoms. The number of carbonyl (C=O) groups excluding carboxylic acids is 1. The number of ether oxygens (including phenoxy) is 1. The number of hydrogen-bond acceptors (Lipinski definition) is 5. The van der Waals surface area contributed by atoms with Crippen molar-refractivity contribution in [3.05, 3.63) is 33.9 Å². The van der Waals surface area contributed by atoms with Gasteiger partial charge in [0.25, 0.3) is 11.6 Å². The standard InChI is InChI=1S/C19H28N2O4S/c1-4-20(13-16-6-5-10-25-16)19(22)15-7-8-18(17(12-15)21(23)24)26-11-9-14(2)3/h7-8,12,14,16H,4-6,9-11,13H2,1-3H3. The summed E-state index contributed by atoms with van der Waals surface area (Å²) in [6.45, 7) is 8.00. The molecule has 1 aromatic carbocycles. The zero-order valence-corrected chi connectivity index (χ0v) is 16.6. The number of rotatable bonds is 9. The van der Waals surface area contributed by atoms with E-state index < -0.39 is 4.92 Å². The van der Waals surface area contributed by atoms with Crippen LogP contribution >= 0.6 is 11.8 Å². The molecule has 2 rings (SSSR count). The molecule has 1 aromatic rings. The van der Waals surface area contributed by atoms with Gasteiger partial charge in [0, 0.05) is 31.3 Å².